The minimum Gasteiger partial charge on any atom is -0.299 e. The number of aromatic amines is 1. The smallest absolute Gasteiger partial charge is 0.270 e. The summed E-state index contributed by atoms with van der Waals surface area (Å²) >= 11 is 1.05. The molecule has 0 atom stereocenters. The molecular weight excluding hydrogens is 194 g/mol. The third-order valence-corrected chi connectivity index (χ3v) is 1.92. The topological polar surface area (TPSA) is 114 Å². The molecule has 0 aliphatic heterocycles. The van der Waals surface area contributed by atoms with Gasteiger partial charge in [-0.25, -0.2) is 5.84 Å². The van der Waals surface area contributed by atoms with Crippen LogP contribution in [0.25, 0.3) is 0 Å². The zero-order chi connectivity index (χ0) is 9.68. The van der Waals surface area contributed by atoms with E-state index in [9.17, 15) is 9.59 Å². The number of nitrogens with one attached hydrogen (secondary N) is 2. The summed E-state index contributed by atoms with van der Waals surface area (Å²) in [6, 6.07) is 0. The van der Waals surface area contributed by atoms with Crippen molar-refractivity contribution in [3.63, 3.8) is 0 Å². The minimum absolute atomic E-state index is 0.0884. The van der Waals surface area contributed by atoms with Gasteiger partial charge in [-0.2, -0.15) is 5.10 Å². The number of hydrazine groups is 1. The van der Waals surface area contributed by atoms with Gasteiger partial charge in [-0.15, -0.1) is 5.10 Å². The number of hydrogen-bond donors (Lipinski definition) is 3. The Morgan fingerprint density at radius 1 is 1.77 bits per heavy atom. The second kappa shape index (κ2) is 4.58. The van der Waals surface area contributed by atoms with Crippen LogP contribution in [0.4, 0.5) is 0 Å². The molecule has 1 aromatic rings. The highest BCUT2D eigenvalue weighted by Gasteiger charge is 2.02. The van der Waals surface area contributed by atoms with E-state index in [0.717, 1.165) is 18.0 Å². The number of aromatic nitrogens is 3. The first-order chi connectivity index (χ1) is 6.22. The lowest BCUT2D eigenvalue weighted by Gasteiger charge is -1.97. The van der Waals surface area contributed by atoms with Gasteiger partial charge in [0.25, 0.3) is 5.56 Å². The highest BCUT2D eigenvalue weighted by Crippen LogP contribution is 2.07. The van der Waals surface area contributed by atoms with Crippen LogP contribution < -0.4 is 16.8 Å². The van der Waals surface area contributed by atoms with Gasteiger partial charge in [-0.05, 0) is 0 Å². The van der Waals surface area contributed by atoms with Crippen molar-refractivity contribution in [3.8, 4) is 0 Å². The number of rotatable bonds is 3. The SMILES string of the molecule is NNC(=O)CSc1nncc(=O)[nH]1. The van der Waals surface area contributed by atoms with E-state index < -0.39 is 0 Å². The Hall–Kier alpha value is -1.41. The van der Waals surface area contributed by atoms with Crippen molar-refractivity contribution >= 4 is 17.7 Å². The van der Waals surface area contributed by atoms with Crippen molar-refractivity contribution in [2.24, 2.45) is 5.84 Å². The molecular formula is C5H7N5O2S. The largest absolute Gasteiger partial charge is 0.299 e. The molecule has 70 valence electrons. The molecule has 13 heavy (non-hydrogen) atoms. The first-order valence-electron chi connectivity index (χ1n) is 3.26. The summed E-state index contributed by atoms with van der Waals surface area (Å²) in [5, 5.41) is 7.28. The molecule has 0 saturated heterocycles. The van der Waals surface area contributed by atoms with E-state index in [2.05, 4.69) is 15.2 Å². The van der Waals surface area contributed by atoms with Gasteiger partial charge in [0.2, 0.25) is 5.91 Å². The second-order valence-electron chi connectivity index (χ2n) is 2.00. The van der Waals surface area contributed by atoms with Gasteiger partial charge in [0.15, 0.2) is 5.16 Å². The van der Waals surface area contributed by atoms with Gasteiger partial charge in [0.1, 0.15) is 6.20 Å². The van der Waals surface area contributed by atoms with Crippen LogP contribution in [-0.4, -0.2) is 26.8 Å². The Kier molecular flexibility index (Phi) is 3.41. The maximum atomic E-state index is 10.7. The van der Waals surface area contributed by atoms with Crippen molar-refractivity contribution in [2.45, 2.75) is 5.16 Å². The summed E-state index contributed by atoms with van der Waals surface area (Å²) in [5.41, 5.74) is 1.59. The third-order valence-electron chi connectivity index (χ3n) is 1.05. The number of H-pyrrole nitrogens is 1. The zero-order valence-electron chi connectivity index (χ0n) is 6.48. The van der Waals surface area contributed by atoms with Crippen molar-refractivity contribution in [1.82, 2.24) is 20.6 Å². The molecule has 0 radical (unpaired) electrons. The molecule has 0 aromatic carbocycles. The Morgan fingerprint density at radius 2 is 2.54 bits per heavy atom. The quantitative estimate of drug-likeness (QED) is 0.231. The first kappa shape index (κ1) is 9.68. The van der Waals surface area contributed by atoms with Crippen LogP contribution >= 0.6 is 11.8 Å². The van der Waals surface area contributed by atoms with E-state index in [1.807, 2.05) is 5.43 Å². The van der Waals surface area contributed by atoms with E-state index in [1.165, 1.54) is 0 Å². The molecule has 7 nitrogen and oxygen atoms in total. The molecule has 0 bridgehead atoms. The number of hydrogen-bond acceptors (Lipinski definition) is 6. The van der Waals surface area contributed by atoms with Crippen LogP contribution in [0.1, 0.15) is 0 Å². The monoisotopic (exact) mass is 201 g/mol. The number of carbonyl (C=O) groups is 1. The molecule has 0 saturated carbocycles. The fourth-order valence-electron chi connectivity index (χ4n) is 0.537. The molecule has 1 heterocycles. The maximum absolute atomic E-state index is 10.7. The molecule has 8 heteroatoms. The molecule has 1 amide bonds. The van der Waals surface area contributed by atoms with E-state index in [-0.39, 0.29) is 22.4 Å². The fourth-order valence-corrected chi connectivity index (χ4v) is 1.17. The van der Waals surface area contributed by atoms with Gasteiger partial charge in [0, 0.05) is 0 Å². The van der Waals surface area contributed by atoms with E-state index in [0.29, 0.717) is 0 Å². The molecule has 0 aliphatic rings. The van der Waals surface area contributed by atoms with Crippen LogP contribution in [-0.2, 0) is 4.79 Å². The lowest BCUT2D eigenvalue weighted by Crippen LogP contribution is -2.31. The van der Waals surface area contributed by atoms with Crippen molar-refractivity contribution in [1.29, 1.82) is 0 Å². The second-order valence-corrected chi connectivity index (χ2v) is 2.96. The molecule has 0 unspecified atom stereocenters. The summed E-state index contributed by atoms with van der Waals surface area (Å²) in [6.45, 7) is 0. The standard InChI is InChI=1S/C5H7N5O2S/c6-9-4(12)2-13-5-8-3(11)1-7-10-5/h1H,2,6H2,(H,9,12)(H,8,10,11). The van der Waals surface area contributed by atoms with Crippen LogP contribution in [0.15, 0.2) is 16.1 Å². The first-order valence-corrected chi connectivity index (χ1v) is 4.25. The zero-order valence-corrected chi connectivity index (χ0v) is 7.30. The number of amides is 1. The highest BCUT2D eigenvalue weighted by atomic mass is 32.2. The molecule has 0 fully saturated rings. The van der Waals surface area contributed by atoms with Gasteiger partial charge >= 0.3 is 0 Å². The average Bonchev–Trinajstić information content (AvgIpc) is 2.14. The predicted octanol–water partition coefficient (Wildman–Crippen LogP) is -1.75. The fraction of sp³-hybridized carbons (Fsp3) is 0.200. The minimum atomic E-state index is -0.356. The molecule has 0 spiro atoms. The highest BCUT2D eigenvalue weighted by molar-refractivity contribution is 7.99. The van der Waals surface area contributed by atoms with Gasteiger partial charge in [-0.3, -0.25) is 20.0 Å². The summed E-state index contributed by atoms with van der Waals surface area (Å²) in [5.74, 6) is 4.58. The van der Waals surface area contributed by atoms with E-state index in [4.69, 9.17) is 5.84 Å². The summed E-state index contributed by atoms with van der Waals surface area (Å²) in [4.78, 5) is 23.8. The van der Waals surface area contributed by atoms with Crippen LogP contribution in [0.5, 0.6) is 0 Å². The Bertz CT molecular complexity index is 351. The van der Waals surface area contributed by atoms with Crippen molar-refractivity contribution < 1.29 is 4.79 Å². The van der Waals surface area contributed by atoms with Crippen LogP contribution in [0.2, 0.25) is 0 Å². The molecule has 4 N–H and O–H groups in total. The number of nitrogens with zero attached hydrogens (tertiary/aromatic N) is 2. The molecule has 1 rings (SSSR count). The number of thioether (sulfide) groups is 1. The Balaban J connectivity index is 2.55. The molecule has 0 aliphatic carbocycles. The summed E-state index contributed by atoms with van der Waals surface area (Å²) in [6.07, 6.45) is 1.05. The van der Waals surface area contributed by atoms with Crippen molar-refractivity contribution in [2.75, 3.05) is 5.75 Å². The van der Waals surface area contributed by atoms with Gasteiger partial charge in [-0.1, -0.05) is 11.8 Å². The van der Waals surface area contributed by atoms with Gasteiger partial charge in [0.05, 0.1) is 5.75 Å². The maximum Gasteiger partial charge on any atom is 0.270 e. The van der Waals surface area contributed by atoms with E-state index >= 15 is 0 Å². The van der Waals surface area contributed by atoms with E-state index in [1.54, 1.807) is 0 Å². The predicted molar refractivity (Wildman–Crippen MR) is 45.7 cm³/mol. The normalized spacial score (nSPS) is 9.62. The lowest BCUT2D eigenvalue weighted by atomic mass is 10.8. The van der Waals surface area contributed by atoms with Gasteiger partial charge < -0.3 is 0 Å². The summed E-state index contributed by atoms with van der Waals surface area (Å²) < 4.78 is 0. The number of nitrogens with two attached hydrogens (primary N) is 1. The Morgan fingerprint density at radius 3 is 3.15 bits per heavy atom. The molecule has 1 aromatic heterocycles. The van der Waals surface area contributed by atoms with Crippen LogP contribution in [0, 0.1) is 0 Å². The number of carbonyl (C=O) groups excluding carboxylic acids is 1. The average molecular weight is 201 g/mol. The third kappa shape index (κ3) is 3.22. The lowest BCUT2D eigenvalue weighted by molar-refractivity contribution is -0.118. The van der Waals surface area contributed by atoms with Crippen molar-refractivity contribution in [3.05, 3.63) is 16.6 Å². The van der Waals surface area contributed by atoms with Crippen LogP contribution in [0.3, 0.4) is 0 Å². The Labute approximate surface area is 77.1 Å². The summed E-state index contributed by atoms with van der Waals surface area (Å²) in [7, 11) is 0.